The predicted molar refractivity (Wildman–Crippen MR) is 154 cm³/mol. The Morgan fingerprint density at radius 1 is 0.935 bits per heavy atom. The zero-order valence-electron chi connectivity index (χ0n) is 23.5. The van der Waals surface area contributed by atoms with Gasteiger partial charge in [0.15, 0.2) is 11.6 Å². The highest BCUT2D eigenvalue weighted by atomic mass is 32.2. The first kappa shape index (κ1) is 32.9. The molecule has 46 heavy (non-hydrogen) atoms. The molecule has 3 heterocycles. The standard InChI is InChI=1S/C27H25F7N8O3S/c28-21-6-3-17(27(32,33)34)11-22(21)39-25(43)38-18-4-1-16(2-5-18)20-12-19(42-23(20)24(35)36-15-37-42)13-40-7-9-41(10-8-40)46(44,45)14-26(29,30)31/h1-6,11-12,15H,7-10,13-14H2,(H2,35,36,37)(H2,38,39,43). The normalized spacial score (nSPS) is 15.3. The van der Waals surface area contributed by atoms with Gasteiger partial charge in [0.25, 0.3) is 0 Å². The molecule has 5 rings (SSSR count). The van der Waals surface area contributed by atoms with Gasteiger partial charge >= 0.3 is 18.4 Å². The molecule has 4 N–H and O–H groups in total. The lowest BCUT2D eigenvalue weighted by Crippen LogP contribution is -2.50. The van der Waals surface area contributed by atoms with Crippen LogP contribution in [0.5, 0.6) is 0 Å². The number of urea groups is 1. The second kappa shape index (κ2) is 12.4. The van der Waals surface area contributed by atoms with Crippen LogP contribution in [-0.4, -0.2) is 76.4 Å². The van der Waals surface area contributed by atoms with E-state index in [-0.39, 0.29) is 44.2 Å². The van der Waals surface area contributed by atoms with E-state index in [4.69, 9.17) is 5.73 Å². The van der Waals surface area contributed by atoms with E-state index in [0.717, 1.165) is 4.31 Å². The Hall–Kier alpha value is -4.49. The van der Waals surface area contributed by atoms with Crippen molar-refractivity contribution < 1.29 is 43.9 Å². The maximum atomic E-state index is 14.0. The van der Waals surface area contributed by atoms with Crippen LogP contribution in [0.25, 0.3) is 16.6 Å². The highest BCUT2D eigenvalue weighted by Gasteiger charge is 2.39. The summed E-state index contributed by atoms with van der Waals surface area (Å²) in [4.78, 5) is 18.3. The van der Waals surface area contributed by atoms with E-state index in [0.29, 0.717) is 40.5 Å². The Balaban J connectivity index is 1.29. The fraction of sp³-hybridized carbons (Fsp3) is 0.296. The molecule has 11 nitrogen and oxygen atoms in total. The molecule has 1 aliphatic rings. The number of fused-ring (bicyclic) bond motifs is 1. The summed E-state index contributed by atoms with van der Waals surface area (Å²) in [6.45, 7) is 0.374. The summed E-state index contributed by atoms with van der Waals surface area (Å²) < 4.78 is 118. The molecule has 0 unspecified atom stereocenters. The van der Waals surface area contributed by atoms with Gasteiger partial charge in [0, 0.05) is 44.0 Å². The molecule has 0 spiro atoms. The third-order valence-corrected chi connectivity index (χ3v) is 8.95. The average molecular weight is 675 g/mol. The summed E-state index contributed by atoms with van der Waals surface area (Å²) in [6.07, 6.45) is -8.33. The van der Waals surface area contributed by atoms with Gasteiger partial charge in [-0.15, -0.1) is 0 Å². The van der Waals surface area contributed by atoms with Gasteiger partial charge in [-0.05, 0) is 42.0 Å². The Kier molecular flexibility index (Phi) is 8.84. The van der Waals surface area contributed by atoms with Crippen LogP contribution in [0, 0.1) is 5.82 Å². The summed E-state index contributed by atoms with van der Waals surface area (Å²) in [5.41, 5.74) is 6.90. The number of anilines is 3. The Morgan fingerprint density at radius 2 is 1.61 bits per heavy atom. The van der Waals surface area contributed by atoms with Crippen molar-refractivity contribution in [3.63, 3.8) is 0 Å². The SMILES string of the molecule is Nc1ncnn2c(CN3CCN(S(=O)(=O)CC(F)(F)F)CC3)cc(-c3ccc(NC(=O)Nc4cc(C(F)(F)F)ccc4F)cc3)c12. The number of aromatic nitrogens is 3. The average Bonchev–Trinajstić information content (AvgIpc) is 3.32. The monoisotopic (exact) mass is 674 g/mol. The quantitative estimate of drug-likeness (QED) is 0.240. The molecule has 1 fully saturated rings. The van der Waals surface area contributed by atoms with Crippen LogP contribution in [0.1, 0.15) is 11.3 Å². The van der Waals surface area contributed by atoms with Crippen molar-refractivity contribution in [1.29, 1.82) is 0 Å². The number of amides is 2. The Labute approximate surface area is 256 Å². The number of carbonyl (C=O) groups is 1. The van der Waals surface area contributed by atoms with Gasteiger partial charge in [-0.3, -0.25) is 4.90 Å². The number of piperazine rings is 1. The van der Waals surface area contributed by atoms with Crippen molar-refractivity contribution in [2.45, 2.75) is 18.9 Å². The number of nitrogens with zero attached hydrogens (tertiary/aromatic N) is 5. The van der Waals surface area contributed by atoms with Crippen molar-refractivity contribution in [3.8, 4) is 11.1 Å². The first-order chi connectivity index (χ1) is 21.5. The van der Waals surface area contributed by atoms with Crippen LogP contribution in [0.4, 0.5) is 52.7 Å². The van der Waals surface area contributed by atoms with E-state index in [1.54, 1.807) is 22.7 Å². The molecule has 1 aliphatic heterocycles. The molecule has 246 valence electrons. The van der Waals surface area contributed by atoms with E-state index in [2.05, 4.69) is 20.7 Å². The molecule has 2 aromatic heterocycles. The number of alkyl halides is 6. The van der Waals surface area contributed by atoms with Crippen molar-refractivity contribution in [1.82, 2.24) is 23.8 Å². The highest BCUT2D eigenvalue weighted by molar-refractivity contribution is 7.89. The van der Waals surface area contributed by atoms with E-state index in [1.807, 2.05) is 4.90 Å². The molecular formula is C27H25F7N8O3S. The lowest BCUT2D eigenvalue weighted by molar-refractivity contribution is -0.137. The predicted octanol–water partition coefficient (Wildman–Crippen LogP) is 4.79. The zero-order chi connectivity index (χ0) is 33.4. The van der Waals surface area contributed by atoms with Crippen molar-refractivity contribution in [3.05, 3.63) is 71.9 Å². The van der Waals surface area contributed by atoms with Crippen LogP contribution >= 0.6 is 0 Å². The highest BCUT2D eigenvalue weighted by Crippen LogP contribution is 2.33. The van der Waals surface area contributed by atoms with Crippen molar-refractivity contribution in [2.75, 3.05) is 48.3 Å². The number of hydrogen-bond donors (Lipinski definition) is 3. The van der Waals surface area contributed by atoms with Gasteiger partial charge in [0.05, 0.1) is 16.9 Å². The summed E-state index contributed by atoms with van der Waals surface area (Å²) >= 11 is 0. The first-order valence-electron chi connectivity index (χ1n) is 13.4. The lowest BCUT2D eigenvalue weighted by Gasteiger charge is -2.33. The minimum absolute atomic E-state index is 0.117. The molecule has 0 bridgehead atoms. The summed E-state index contributed by atoms with van der Waals surface area (Å²) in [5.74, 6) is -2.83. The number of nitrogens with one attached hydrogen (secondary N) is 2. The maximum Gasteiger partial charge on any atom is 0.416 e. The minimum Gasteiger partial charge on any atom is -0.382 e. The molecule has 2 aromatic carbocycles. The number of sulfonamides is 1. The fourth-order valence-corrected chi connectivity index (χ4v) is 6.29. The van der Waals surface area contributed by atoms with Crippen molar-refractivity contribution in [2.24, 2.45) is 0 Å². The van der Waals surface area contributed by atoms with Crippen LogP contribution in [0.2, 0.25) is 0 Å². The van der Waals surface area contributed by atoms with Crippen LogP contribution in [0.3, 0.4) is 0 Å². The summed E-state index contributed by atoms with van der Waals surface area (Å²) in [6, 6.07) is 8.68. The van der Waals surface area contributed by atoms with Gasteiger partial charge in [-0.2, -0.15) is 35.7 Å². The summed E-state index contributed by atoms with van der Waals surface area (Å²) in [5, 5.41) is 8.75. The Morgan fingerprint density at radius 3 is 2.24 bits per heavy atom. The smallest absolute Gasteiger partial charge is 0.382 e. The molecule has 4 aromatic rings. The number of hydrogen-bond acceptors (Lipinski definition) is 7. The van der Waals surface area contributed by atoms with Crippen LogP contribution in [0.15, 0.2) is 54.9 Å². The van der Waals surface area contributed by atoms with Crippen molar-refractivity contribution >= 4 is 38.8 Å². The minimum atomic E-state index is -4.84. The van der Waals surface area contributed by atoms with Gasteiger partial charge in [-0.25, -0.2) is 27.1 Å². The second-order valence-corrected chi connectivity index (χ2v) is 12.3. The topological polar surface area (TPSA) is 138 Å². The third kappa shape index (κ3) is 7.48. The summed E-state index contributed by atoms with van der Waals surface area (Å²) in [7, 11) is -4.49. The third-order valence-electron chi connectivity index (χ3n) is 7.11. The molecule has 0 aliphatic carbocycles. The van der Waals surface area contributed by atoms with Crippen LogP contribution in [-0.2, 0) is 22.7 Å². The number of carbonyl (C=O) groups excluding carboxylic acids is 1. The van der Waals surface area contributed by atoms with Crippen LogP contribution < -0.4 is 16.4 Å². The number of nitrogens with two attached hydrogens (primary N) is 1. The molecule has 1 saturated heterocycles. The van der Waals surface area contributed by atoms with Gasteiger partial charge in [0.2, 0.25) is 10.0 Å². The van der Waals surface area contributed by atoms with E-state index >= 15 is 0 Å². The molecule has 0 atom stereocenters. The van der Waals surface area contributed by atoms with Gasteiger partial charge in [-0.1, -0.05) is 12.1 Å². The second-order valence-electron chi connectivity index (χ2n) is 10.4. The molecule has 19 heteroatoms. The van der Waals surface area contributed by atoms with E-state index in [9.17, 15) is 43.9 Å². The first-order valence-corrected chi connectivity index (χ1v) is 15.0. The molecule has 0 radical (unpaired) electrons. The Bertz CT molecular complexity index is 1850. The van der Waals surface area contributed by atoms with Gasteiger partial charge < -0.3 is 16.4 Å². The maximum absolute atomic E-state index is 14.0. The number of halogens is 7. The molecular weight excluding hydrogens is 649 g/mol. The zero-order valence-corrected chi connectivity index (χ0v) is 24.3. The number of rotatable bonds is 7. The van der Waals surface area contributed by atoms with E-state index < -0.39 is 51.2 Å². The number of benzene rings is 2. The van der Waals surface area contributed by atoms with E-state index in [1.165, 1.54) is 18.5 Å². The van der Waals surface area contributed by atoms with Gasteiger partial charge in [0.1, 0.15) is 17.7 Å². The number of nitrogen functional groups attached to an aromatic ring is 1. The fourth-order valence-electron chi connectivity index (χ4n) is 4.97. The lowest BCUT2D eigenvalue weighted by atomic mass is 10.1. The molecule has 0 saturated carbocycles. The molecule has 2 amide bonds. The largest absolute Gasteiger partial charge is 0.416 e.